The van der Waals surface area contributed by atoms with Gasteiger partial charge in [-0.15, -0.1) is 0 Å². The Balaban J connectivity index is 1.65. The second-order valence-corrected chi connectivity index (χ2v) is 9.82. The first-order valence-electron chi connectivity index (χ1n) is 11.3. The van der Waals surface area contributed by atoms with Crippen LogP contribution in [-0.2, 0) is 9.53 Å². The molecule has 1 aromatic rings. The minimum atomic E-state index is -3.01. The third-order valence-electron chi connectivity index (χ3n) is 5.99. The minimum Gasteiger partial charge on any atom is -0.444 e. The molecule has 0 spiro atoms. The molecule has 2 amide bonds. The summed E-state index contributed by atoms with van der Waals surface area (Å²) in [6, 6.07) is 4.79. The molecule has 2 aliphatic rings. The molecule has 10 heteroatoms. The van der Waals surface area contributed by atoms with Crippen LogP contribution >= 0.6 is 0 Å². The molecule has 2 aliphatic heterocycles. The molecule has 2 fully saturated rings. The number of anilines is 3. The second-order valence-electron chi connectivity index (χ2n) is 9.82. The molecule has 0 aromatic heterocycles. The van der Waals surface area contributed by atoms with E-state index < -0.39 is 30.2 Å². The Kier molecular flexibility index (Phi) is 7.36. The van der Waals surface area contributed by atoms with E-state index in [1.165, 1.54) is 0 Å². The monoisotopic (exact) mass is 467 g/mol. The Morgan fingerprint density at radius 3 is 2.39 bits per heavy atom. The molecule has 2 saturated heterocycles. The van der Waals surface area contributed by atoms with Gasteiger partial charge in [-0.2, -0.15) is 0 Å². The highest BCUT2D eigenvalue weighted by Crippen LogP contribution is 2.37. The molecule has 184 valence electrons. The summed E-state index contributed by atoms with van der Waals surface area (Å²) in [4.78, 5) is 30.3. The number of benzene rings is 1. The molecule has 0 bridgehead atoms. The molecule has 0 saturated carbocycles. The lowest BCUT2D eigenvalue weighted by molar-refractivity contribution is -0.126. The molecule has 8 nitrogen and oxygen atoms in total. The lowest BCUT2D eigenvalue weighted by Gasteiger charge is -2.47. The van der Waals surface area contributed by atoms with Crippen molar-refractivity contribution in [3.8, 4) is 0 Å². The van der Waals surface area contributed by atoms with Crippen molar-refractivity contribution in [3.63, 3.8) is 0 Å². The van der Waals surface area contributed by atoms with Gasteiger partial charge < -0.3 is 24.8 Å². The first-order chi connectivity index (χ1) is 15.4. The number of carbonyl (C=O) groups is 2. The molecule has 2 heterocycles. The van der Waals surface area contributed by atoms with Crippen molar-refractivity contribution in [2.24, 2.45) is 0 Å². The number of alkyl halides is 2. The van der Waals surface area contributed by atoms with Crippen LogP contribution < -0.4 is 15.1 Å². The molecule has 0 radical (unpaired) electrons. The van der Waals surface area contributed by atoms with Crippen LogP contribution in [0, 0.1) is 0 Å². The Bertz CT molecular complexity index is 851. The normalized spacial score (nSPS) is 21.5. The predicted molar refractivity (Wildman–Crippen MR) is 125 cm³/mol. The third kappa shape index (κ3) is 5.85. The lowest BCUT2D eigenvalue weighted by Crippen LogP contribution is -2.62. The van der Waals surface area contributed by atoms with E-state index in [4.69, 9.17) is 4.74 Å². The fourth-order valence-electron chi connectivity index (χ4n) is 4.57. The highest BCUT2D eigenvalue weighted by molar-refractivity contribution is 5.89. The van der Waals surface area contributed by atoms with Gasteiger partial charge in [0.2, 0.25) is 6.41 Å². The average molecular weight is 468 g/mol. The van der Waals surface area contributed by atoms with Crippen molar-refractivity contribution in [1.82, 2.24) is 9.80 Å². The number of hydrogen-bond acceptors (Lipinski definition) is 6. The smallest absolute Gasteiger partial charge is 0.410 e. The van der Waals surface area contributed by atoms with Crippen LogP contribution in [0.1, 0.15) is 27.2 Å². The predicted octanol–water partition coefficient (Wildman–Crippen LogP) is 3.09. The minimum absolute atomic E-state index is 0.202. The molecule has 1 atom stereocenters. The number of ether oxygens (including phenoxy) is 1. The summed E-state index contributed by atoms with van der Waals surface area (Å²) >= 11 is 0. The van der Waals surface area contributed by atoms with Crippen LogP contribution in [0.25, 0.3) is 0 Å². The summed E-state index contributed by atoms with van der Waals surface area (Å²) in [7, 11) is 3.81. The SMILES string of the molecule is CN(C)c1c(NC=O)cccc1N1CCN(C2CCN(C(=O)OC(C)(C)C)CC2(F)F)CC1. The zero-order chi connectivity index (χ0) is 24.4. The summed E-state index contributed by atoms with van der Waals surface area (Å²) in [5, 5.41) is 2.73. The van der Waals surface area contributed by atoms with E-state index in [0.29, 0.717) is 38.3 Å². The van der Waals surface area contributed by atoms with Crippen molar-refractivity contribution in [1.29, 1.82) is 0 Å². The molecule has 1 N–H and O–H groups in total. The molecular formula is C23H35F2N5O3. The number of hydrogen-bond donors (Lipinski definition) is 1. The largest absolute Gasteiger partial charge is 0.444 e. The van der Waals surface area contributed by atoms with Crippen molar-refractivity contribution in [3.05, 3.63) is 18.2 Å². The van der Waals surface area contributed by atoms with E-state index in [0.717, 1.165) is 16.3 Å². The van der Waals surface area contributed by atoms with Gasteiger partial charge in [0.1, 0.15) is 5.60 Å². The lowest BCUT2D eigenvalue weighted by atomic mass is 9.98. The first-order valence-corrected chi connectivity index (χ1v) is 11.3. The van der Waals surface area contributed by atoms with Gasteiger partial charge >= 0.3 is 6.09 Å². The second kappa shape index (κ2) is 9.70. The van der Waals surface area contributed by atoms with Crippen LogP contribution in [-0.4, -0.2) is 93.2 Å². The molecule has 0 aliphatic carbocycles. The summed E-state index contributed by atoms with van der Waals surface area (Å²) in [5.74, 6) is -3.01. The molecule has 3 rings (SSSR count). The fraction of sp³-hybridized carbons (Fsp3) is 0.652. The average Bonchev–Trinajstić information content (AvgIpc) is 2.72. The number of nitrogens with zero attached hydrogens (tertiary/aromatic N) is 4. The Morgan fingerprint density at radius 2 is 1.85 bits per heavy atom. The van der Waals surface area contributed by atoms with Crippen LogP contribution in [0.15, 0.2) is 18.2 Å². The van der Waals surface area contributed by atoms with E-state index in [1.54, 1.807) is 20.8 Å². The number of piperazine rings is 1. The van der Waals surface area contributed by atoms with E-state index in [1.807, 2.05) is 42.1 Å². The van der Waals surface area contributed by atoms with Gasteiger partial charge in [0, 0.05) is 46.8 Å². The van der Waals surface area contributed by atoms with Gasteiger partial charge in [-0.25, -0.2) is 13.6 Å². The maximum Gasteiger partial charge on any atom is 0.410 e. The number of nitrogens with one attached hydrogen (secondary N) is 1. The molecule has 1 unspecified atom stereocenters. The van der Waals surface area contributed by atoms with Crippen LogP contribution in [0.3, 0.4) is 0 Å². The summed E-state index contributed by atoms with van der Waals surface area (Å²) in [5.41, 5.74) is 1.83. The Hall–Kier alpha value is -2.62. The number of rotatable bonds is 5. The standard InChI is InChI=1S/C23H35F2N5O3/c1-22(2,3)33-21(32)30-10-9-19(23(24,25)15-30)29-13-11-28(12-14-29)18-8-6-7-17(26-16-31)20(18)27(4)5/h6-8,16,19H,9-15H2,1-5H3,(H,26,31). The van der Waals surface area contributed by atoms with E-state index in [2.05, 4.69) is 10.2 Å². The quantitative estimate of drug-likeness (QED) is 0.672. The summed E-state index contributed by atoms with van der Waals surface area (Å²) < 4.78 is 35.4. The molecule has 33 heavy (non-hydrogen) atoms. The van der Waals surface area contributed by atoms with Crippen molar-refractivity contribution >= 4 is 29.6 Å². The number of carbonyl (C=O) groups excluding carboxylic acids is 2. The van der Waals surface area contributed by atoms with Gasteiger partial charge in [-0.05, 0) is 39.3 Å². The van der Waals surface area contributed by atoms with Crippen LogP contribution in [0.2, 0.25) is 0 Å². The van der Waals surface area contributed by atoms with Gasteiger partial charge in [-0.1, -0.05) is 6.07 Å². The topological polar surface area (TPSA) is 68.4 Å². The fourth-order valence-corrected chi connectivity index (χ4v) is 4.57. The van der Waals surface area contributed by atoms with Crippen molar-refractivity contribution in [2.75, 3.05) is 68.5 Å². The highest BCUT2D eigenvalue weighted by Gasteiger charge is 2.49. The van der Waals surface area contributed by atoms with Gasteiger partial charge in [0.05, 0.1) is 29.6 Å². The summed E-state index contributed by atoms with van der Waals surface area (Å²) in [6.45, 7) is 6.96. The third-order valence-corrected chi connectivity index (χ3v) is 5.99. The molecule has 1 aromatic carbocycles. The maximum atomic E-state index is 15.1. The van der Waals surface area contributed by atoms with Crippen LogP contribution in [0.5, 0.6) is 0 Å². The van der Waals surface area contributed by atoms with E-state index in [-0.39, 0.29) is 13.0 Å². The Morgan fingerprint density at radius 1 is 1.18 bits per heavy atom. The van der Waals surface area contributed by atoms with Gasteiger partial charge in [0.25, 0.3) is 5.92 Å². The zero-order valence-corrected chi connectivity index (χ0v) is 20.1. The maximum absolute atomic E-state index is 15.1. The van der Waals surface area contributed by atoms with Crippen molar-refractivity contribution < 1.29 is 23.1 Å². The molecular weight excluding hydrogens is 432 g/mol. The zero-order valence-electron chi connectivity index (χ0n) is 20.1. The number of para-hydroxylation sites is 1. The number of halogens is 2. The number of amides is 2. The van der Waals surface area contributed by atoms with E-state index >= 15 is 8.78 Å². The Labute approximate surface area is 194 Å². The summed E-state index contributed by atoms with van der Waals surface area (Å²) in [6.07, 6.45) is 0.162. The number of piperidine rings is 1. The van der Waals surface area contributed by atoms with Crippen molar-refractivity contribution in [2.45, 2.75) is 44.8 Å². The highest BCUT2D eigenvalue weighted by atomic mass is 19.3. The van der Waals surface area contributed by atoms with Gasteiger partial charge in [0.15, 0.2) is 0 Å². The first kappa shape index (κ1) is 25.0. The van der Waals surface area contributed by atoms with Gasteiger partial charge in [-0.3, -0.25) is 9.69 Å². The van der Waals surface area contributed by atoms with Crippen LogP contribution in [0.4, 0.5) is 30.6 Å². The number of likely N-dealkylation sites (tertiary alicyclic amines) is 1. The van der Waals surface area contributed by atoms with E-state index in [9.17, 15) is 9.59 Å².